The Morgan fingerprint density at radius 3 is 2.67 bits per heavy atom. The van der Waals surface area contributed by atoms with Crippen LogP contribution in [0, 0.1) is 0 Å². The number of nitrogens with one attached hydrogen (secondary N) is 1. The van der Waals surface area contributed by atoms with E-state index in [2.05, 4.69) is 17.1 Å². The second-order valence-corrected chi connectivity index (χ2v) is 8.20. The highest BCUT2D eigenvalue weighted by molar-refractivity contribution is 7.89. The summed E-state index contributed by atoms with van der Waals surface area (Å²) in [5.41, 5.74) is 2.57. The quantitative estimate of drug-likeness (QED) is 0.802. The first-order valence-electron chi connectivity index (χ1n) is 8.87. The normalized spacial score (nSPS) is 15.7. The van der Waals surface area contributed by atoms with Crippen molar-refractivity contribution >= 4 is 15.9 Å². The number of carbonyl (C=O) groups is 1. The van der Waals surface area contributed by atoms with Gasteiger partial charge in [0.05, 0.1) is 23.8 Å². The number of aromatic nitrogens is 2. The fraction of sp³-hybridized carbons (Fsp3) is 0.444. The molecule has 1 aliphatic rings. The van der Waals surface area contributed by atoms with E-state index in [4.69, 9.17) is 9.88 Å². The van der Waals surface area contributed by atoms with Gasteiger partial charge in [-0.3, -0.25) is 9.89 Å². The summed E-state index contributed by atoms with van der Waals surface area (Å²) in [5, 5.41) is 12.4. The first-order chi connectivity index (χ1) is 12.8. The zero-order valence-electron chi connectivity index (χ0n) is 15.4. The van der Waals surface area contributed by atoms with Crippen LogP contribution in [0.3, 0.4) is 0 Å². The Hall–Kier alpha value is -2.39. The molecule has 2 aromatic rings. The number of carbonyl (C=O) groups excluding carboxylic acids is 1. The third-order valence-corrected chi connectivity index (χ3v) is 5.96. The van der Waals surface area contributed by atoms with Crippen molar-refractivity contribution in [3.63, 3.8) is 0 Å². The predicted molar refractivity (Wildman–Crippen MR) is 100 cm³/mol. The molecule has 0 atom stereocenters. The number of benzene rings is 1. The third kappa shape index (κ3) is 3.98. The number of nitrogens with zero attached hydrogens (tertiary/aromatic N) is 2. The van der Waals surface area contributed by atoms with Crippen molar-refractivity contribution in [1.29, 1.82) is 0 Å². The largest absolute Gasteiger partial charge is 0.496 e. The number of hydrogen-bond acceptors (Lipinski definition) is 5. The van der Waals surface area contributed by atoms with Crippen molar-refractivity contribution in [3.8, 4) is 5.75 Å². The van der Waals surface area contributed by atoms with E-state index in [0.717, 1.165) is 25.0 Å². The van der Waals surface area contributed by atoms with Gasteiger partial charge in [-0.1, -0.05) is 6.92 Å². The van der Waals surface area contributed by atoms with Gasteiger partial charge in [0.2, 0.25) is 10.0 Å². The molecule has 0 aliphatic carbocycles. The summed E-state index contributed by atoms with van der Waals surface area (Å²) in [7, 11) is -2.45. The zero-order valence-corrected chi connectivity index (χ0v) is 16.3. The number of nitrogens with two attached hydrogens (primary N) is 1. The van der Waals surface area contributed by atoms with E-state index >= 15 is 0 Å². The average Bonchev–Trinajstić information content (AvgIpc) is 3.15. The number of hydrogen-bond donors (Lipinski definition) is 2. The Bertz CT molecular complexity index is 931. The molecule has 0 radical (unpaired) electrons. The Balaban J connectivity index is 1.78. The van der Waals surface area contributed by atoms with E-state index < -0.39 is 10.0 Å². The van der Waals surface area contributed by atoms with Crippen molar-refractivity contribution in [1.82, 2.24) is 15.1 Å². The van der Waals surface area contributed by atoms with E-state index in [1.807, 2.05) is 6.20 Å². The predicted octanol–water partition coefficient (Wildman–Crippen LogP) is 1.65. The maximum Gasteiger partial charge on any atom is 0.257 e. The van der Waals surface area contributed by atoms with Gasteiger partial charge in [-0.15, -0.1) is 0 Å². The van der Waals surface area contributed by atoms with E-state index in [-0.39, 0.29) is 16.4 Å². The molecule has 3 N–H and O–H groups in total. The van der Waals surface area contributed by atoms with Crippen LogP contribution in [0.4, 0.5) is 0 Å². The summed E-state index contributed by atoms with van der Waals surface area (Å²) < 4.78 is 28.5. The molecule has 0 spiro atoms. The molecule has 146 valence electrons. The number of piperidine rings is 1. The highest BCUT2D eigenvalue weighted by Gasteiger charge is 2.28. The van der Waals surface area contributed by atoms with Gasteiger partial charge >= 0.3 is 0 Å². The highest BCUT2D eigenvalue weighted by atomic mass is 32.2. The monoisotopic (exact) mass is 392 g/mol. The van der Waals surface area contributed by atoms with Crippen LogP contribution in [0.15, 0.2) is 29.3 Å². The van der Waals surface area contributed by atoms with E-state index in [0.29, 0.717) is 24.8 Å². The molecule has 0 saturated carbocycles. The van der Waals surface area contributed by atoms with Crippen molar-refractivity contribution in [2.75, 3.05) is 20.2 Å². The average molecular weight is 392 g/mol. The standard InChI is InChI=1S/C18H24N4O4S/c1-3-12-11-20-21-17(12)13-6-8-22(9-7-13)18(23)15-10-14(27(19,24)25)4-5-16(15)26-2/h4-5,10-11,13H,3,6-9H2,1-2H3,(H,20,21)(H2,19,24,25). The smallest absolute Gasteiger partial charge is 0.257 e. The van der Waals surface area contributed by atoms with Gasteiger partial charge in [0, 0.05) is 24.7 Å². The molecule has 1 fully saturated rings. The minimum absolute atomic E-state index is 0.105. The minimum Gasteiger partial charge on any atom is -0.496 e. The number of methoxy groups -OCH3 is 1. The zero-order chi connectivity index (χ0) is 19.6. The van der Waals surface area contributed by atoms with Crippen molar-refractivity contribution < 1.29 is 17.9 Å². The molecule has 3 rings (SSSR count). The third-order valence-electron chi connectivity index (χ3n) is 5.05. The van der Waals surface area contributed by atoms with Gasteiger partial charge in [-0.2, -0.15) is 5.10 Å². The molecule has 27 heavy (non-hydrogen) atoms. The van der Waals surface area contributed by atoms with Crippen LogP contribution in [0.1, 0.15) is 47.3 Å². The molecule has 2 heterocycles. The lowest BCUT2D eigenvalue weighted by Crippen LogP contribution is -2.38. The van der Waals surface area contributed by atoms with Gasteiger partial charge in [0.15, 0.2) is 0 Å². The highest BCUT2D eigenvalue weighted by Crippen LogP contribution is 2.31. The fourth-order valence-electron chi connectivity index (χ4n) is 3.53. The molecule has 1 aliphatic heterocycles. The molecular formula is C18H24N4O4S. The topological polar surface area (TPSA) is 118 Å². The van der Waals surface area contributed by atoms with Crippen LogP contribution in [-0.2, 0) is 16.4 Å². The maximum atomic E-state index is 13.0. The second-order valence-electron chi connectivity index (χ2n) is 6.64. The molecule has 0 unspecified atom stereocenters. The summed E-state index contributed by atoms with van der Waals surface area (Å²) in [5.74, 6) is 0.414. The van der Waals surface area contributed by atoms with E-state index in [1.54, 1.807) is 4.90 Å². The van der Waals surface area contributed by atoms with Crippen LogP contribution < -0.4 is 9.88 Å². The summed E-state index contributed by atoms with van der Waals surface area (Å²) >= 11 is 0. The SMILES string of the molecule is CCc1cn[nH]c1C1CCN(C(=O)c2cc(S(N)(=O)=O)ccc2OC)CC1. The number of amides is 1. The van der Waals surface area contributed by atoms with Crippen LogP contribution in [0.5, 0.6) is 5.75 Å². The molecule has 1 aromatic heterocycles. The van der Waals surface area contributed by atoms with Crippen molar-refractivity contribution in [3.05, 3.63) is 41.2 Å². The molecule has 8 nitrogen and oxygen atoms in total. The van der Waals surface area contributed by atoms with Gasteiger partial charge < -0.3 is 9.64 Å². The van der Waals surface area contributed by atoms with E-state index in [9.17, 15) is 13.2 Å². The molecular weight excluding hydrogens is 368 g/mol. The number of H-pyrrole nitrogens is 1. The van der Waals surface area contributed by atoms with Gasteiger partial charge in [0.1, 0.15) is 5.75 Å². The van der Waals surface area contributed by atoms with Crippen LogP contribution in [-0.4, -0.2) is 49.6 Å². The molecule has 9 heteroatoms. The molecule has 1 saturated heterocycles. The van der Waals surface area contributed by atoms with Crippen LogP contribution in [0.2, 0.25) is 0 Å². The Kier molecular flexibility index (Phi) is 5.52. The number of sulfonamides is 1. The first kappa shape index (κ1) is 19.4. The second kappa shape index (κ2) is 7.69. The molecule has 1 amide bonds. The number of aryl methyl sites for hydroxylation is 1. The van der Waals surface area contributed by atoms with Gasteiger partial charge in [0.25, 0.3) is 5.91 Å². The summed E-state index contributed by atoms with van der Waals surface area (Å²) in [4.78, 5) is 14.6. The fourth-order valence-corrected chi connectivity index (χ4v) is 4.07. The number of rotatable bonds is 5. The van der Waals surface area contributed by atoms with Crippen molar-refractivity contribution in [2.45, 2.75) is 37.0 Å². The summed E-state index contributed by atoms with van der Waals surface area (Å²) in [6.45, 7) is 3.25. The molecule has 1 aromatic carbocycles. The number of likely N-dealkylation sites (tertiary alicyclic amines) is 1. The first-order valence-corrected chi connectivity index (χ1v) is 10.4. The van der Waals surface area contributed by atoms with Crippen LogP contribution >= 0.6 is 0 Å². The lowest BCUT2D eigenvalue weighted by molar-refractivity contribution is 0.0708. The summed E-state index contributed by atoms with van der Waals surface area (Å²) in [6.07, 6.45) is 4.41. The Morgan fingerprint density at radius 1 is 1.37 bits per heavy atom. The lowest BCUT2D eigenvalue weighted by atomic mass is 9.90. The van der Waals surface area contributed by atoms with Gasteiger partial charge in [-0.25, -0.2) is 13.6 Å². The van der Waals surface area contributed by atoms with Gasteiger partial charge in [-0.05, 0) is 43.0 Å². The molecule has 0 bridgehead atoms. The van der Waals surface area contributed by atoms with Crippen LogP contribution in [0.25, 0.3) is 0 Å². The Morgan fingerprint density at radius 2 is 2.07 bits per heavy atom. The lowest BCUT2D eigenvalue weighted by Gasteiger charge is -2.32. The summed E-state index contributed by atoms with van der Waals surface area (Å²) in [6, 6.07) is 4.08. The number of ether oxygens (including phenoxy) is 1. The van der Waals surface area contributed by atoms with E-state index in [1.165, 1.54) is 30.9 Å². The minimum atomic E-state index is -3.90. The Labute approximate surface area is 158 Å². The maximum absolute atomic E-state index is 13.0. The number of aromatic amines is 1. The van der Waals surface area contributed by atoms with Crippen molar-refractivity contribution in [2.24, 2.45) is 5.14 Å². The number of primary sulfonamides is 1.